The number of carbonyl (C=O) groups excluding carboxylic acids is 1. The molecule has 56 heavy (non-hydrogen) atoms. The van der Waals surface area contributed by atoms with Crippen LogP contribution < -0.4 is 19.8 Å². The number of carbonyl (C=O) groups is 1. The summed E-state index contributed by atoms with van der Waals surface area (Å²) >= 11 is 0. The Morgan fingerprint density at radius 1 is 0.982 bits per heavy atom. The molecule has 11 nitrogen and oxygen atoms in total. The molecule has 0 spiro atoms. The minimum absolute atomic E-state index is 0.000949. The SMILES string of the molecule is COCOc1c(OC)c(C)cc2c1[C@H]1C3CC4(O)C(=O)C(C)=C5OCOC5=C4[C@H](CO[Si](c4ccccc4)(c4ccccc4)C(C)(C)C)N3[C@@H](C#N)[C@@H](C2)N1C. The highest BCUT2D eigenvalue weighted by molar-refractivity contribution is 6.99. The number of ether oxygens (including phenoxy) is 5. The van der Waals surface area contributed by atoms with Gasteiger partial charge < -0.3 is 33.2 Å². The van der Waals surface area contributed by atoms with Crippen molar-refractivity contribution in [1.29, 1.82) is 5.26 Å². The van der Waals surface area contributed by atoms with E-state index in [2.05, 4.69) is 67.0 Å². The highest BCUT2D eigenvalue weighted by Gasteiger charge is 2.65. The van der Waals surface area contributed by atoms with E-state index in [9.17, 15) is 15.2 Å². The maximum absolute atomic E-state index is 14.7. The van der Waals surface area contributed by atoms with Crippen molar-refractivity contribution in [3.63, 3.8) is 0 Å². The number of hydrogen-bond donors (Lipinski definition) is 1. The molecule has 12 heteroatoms. The minimum Gasteiger partial charge on any atom is -0.493 e. The third-order valence-corrected chi connectivity index (χ3v) is 17.8. The molecule has 0 aromatic heterocycles. The van der Waals surface area contributed by atoms with E-state index in [-0.39, 0.29) is 37.7 Å². The van der Waals surface area contributed by atoms with E-state index in [0.717, 1.165) is 27.1 Å². The number of nitrogens with zero attached hydrogens (tertiary/aromatic N) is 3. The molecule has 0 radical (unpaired) electrons. The number of piperidine rings is 1. The molecule has 1 N–H and O–H groups in total. The van der Waals surface area contributed by atoms with E-state index in [4.69, 9.17) is 28.1 Å². The topological polar surface area (TPSA) is 123 Å². The fourth-order valence-corrected chi connectivity index (χ4v) is 15.1. The molecule has 2 bridgehead atoms. The molecule has 8 rings (SSSR count). The van der Waals surface area contributed by atoms with Crippen LogP contribution in [0.1, 0.15) is 56.8 Å². The van der Waals surface area contributed by atoms with Gasteiger partial charge in [0.25, 0.3) is 8.32 Å². The first-order valence-corrected chi connectivity index (χ1v) is 21.2. The number of fused-ring (bicyclic) bond motifs is 8. The molecule has 3 aromatic rings. The number of hydrogen-bond acceptors (Lipinski definition) is 11. The Kier molecular flexibility index (Phi) is 9.71. The van der Waals surface area contributed by atoms with Crippen LogP contribution in [0.15, 0.2) is 89.4 Å². The number of piperazine rings is 1. The maximum atomic E-state index is 14.7. The van der Waals surface area contributed by atoms with Gasteiger partial charge in [0.05, 0.1) is 31.9 Å². The average molecular weight is 778 g/mol. The van der Waals surface area contributed by atoms with Gasteiger partial charge in [0.1, 0.15) is 6.04 Å². The zero-order valence-corrected chi connectivity index (χ0v) is 34.4. The highest BCUT2D eigenvalue weighted by atomic mass is 28.4. The number of aliphatic hydroxyl groups is 1. The molecule has 2 unspecified atom stereocenters. The van der Waals surface area contributed by atoms with Gasteiger partial charge in [-0.3, -0.25) is 14.6 Å². The molecule has 3 saturated heterocycles. The predicted octanol–water partition coefficient (Wildman–Crippen LogP) is 4.66. The summed E-state index contributed by atoms with van der Waals surface area (Å²) in [6.07, 6.45) is 0.576. The number of Topliss-reactive ketones (excluding diaryl/α,β-unsaturated/α-hetero) is 1. The Bertz CT molecular complexity index is 2100. The fraction of sp³-hybridized carbons (Fsp3) is 0.455. The van der Waals surface area contributed by atoms with Gasteiger partial charge in [0.2, 0.25) is 6.79 Å². The summed E-state index contributed by atoms with van der Waals surface area (Å²) in [5.41, 5.74) is 1.59. The summed E-state index contributed by atoms with van der Waals surface area (Å²) in [4.78, 5) is 19.1. The first-order chi connectivity index (χ1) is 26.8. The second kappa shape index (κ2) is 14.2. The fourth-order valence-electron chi connectivity index (χ4n) is 10.5. The Hall–Kier alpha value is -4.48. The zero-order chi connectivity index (χ0) is 39.7. The number of rotatable bonds is 9. The van der Waals surface area contributed by atoms with E-state index < -0.39 is 43.9 Å². The van der Waals surface area contributed by atoms with E-state index >= 15 is 0 Å². The maximum Gasteiger partial charge on any atom is 0.261 e. The van der Waals surface area contributed by atoms with Crippen LogP contribution in [0.2, 0.25) is 5.04 Å². The van der Waals surface area contributed by atoms with Gasteiger partial charge in [-0.2, -0.15) is 5.26 Å². The lowest BCUT2D eigenvalue weighted by Gasteiger charge is -2.62. The van der Waals surface area contributed by atoms with Gasteiger partial charge in [-0.1, -0.05) is 87.5 Å². The number of likely N-dealkylation sites (N-methyl/N-ethyl adjacent to an activating group) is 1. The number of nitriles is 1. The van der Waals surface area contributed by atoms with Crippen LogP contribution in [0, 0.1) is 18.3 Å². The predicted molar refractivity (Wildman–Crippen MR) is 212 cm³/mol. The van der Waals surface area contributed by atoms with Crippen molar-refractivity contribution in [2.45, 2.75) is 88.3 Å². The molecule has 5 aliphatic rings. The smallest absolute Gasteiger partial charge is 0.261 e. The summed E-state index contributed by atoms with van der Waals surface area (Å²) in [7, 11) is 2.07. The van der Waals surface area contributed by atoms with Gasteiger partial charge in [-0.05, 0) is 53.9 Å². The normalized spacial score (nSPS) is 27.4. The second-order valence-electron chi connectivity index (χ2n) is 16.6. The van der Waals surface area contributed by atoms with Crippen LogP contribution in [0.4, 0.5) is 0 Å². The van der Waals surface area contributed by atoms with Crippen molar-refractivity contribution in [2.24, 2.45) is 0 Å². The van der Waals surface area contributed by atoms with Crippen LogP contribution in [-0.2, 0) is 29.9 Å². The standard InChI is InChI=1S/C44H51N3O8Si/c1-26-19-28-20-31-33(22-45)47-32(37(46(31)6)35(28)40(38(26)51-8)52-24-50-7)21-44(49)36(41-39(53-25-54-41)27(2)42(44)48)34(47)23-55-56(43(3,4)5,29-15-11-9-12-16-29)30-17-13-10-14-18-30/h9-19,31-34,37,49H,20-21,23-25H2,1-8H3/t31-,32?,33+,34+,37-,44?/m1/s1. The Morgan fingerprint density at radius 2 is 1.62 bits per heavy atom. The average Bonchev–Trinajstić information content (AvgIpc) is 3.67. The Morgan fingerprint density at radius 3 is 2.21 bits per heavy atom. The molecule has 3 fully saturated rings. The monoisotopic (exact) mass is 777 g/mol. The minimum atomic E-state index is -3.15. The van der Waals surface area contributed by atoms with Gasteiger partial charge >= 0.3 is 0 Å². The quantitative estimate of drug-likeness (QED) is 0.241. The molecule has 294 valence electrons. The largest absolute Gasteiger partial charge is 0.493 e. The molecular formula is C44H51N3O8Si. The summed E-state index contributed by atoms with van der Waals surface area (Å²) in [6.45, 7) is 10.3. The van der Waals surface area contributed by atoms with Gasteiger partial charge in [-0.15, -0.1) is 0 Å². The van der Waals surface area contributed by atoms with Crippen molar-refractivity contribution in [3.8, 4) is 17.6 Å². The molecule has 0 amide bonds. The van der Waals surface area contributed by atoms with E-state index in [1.807, 2.05) is 50.4 Å². The zero-order valence-electron chi connectivity index (χ0n) is 33.4. The van der Waals surface area contributed by atoms with Gasteiger partial charge in [0.15, 0.2) is 41.2 Å². The summed E-state index contributed by atoms with van der Waals surface area (Å²) in [6, 6.07) is 23.0. The number of methoxy groups -OCH3 is 2. The lowest BCUT2D eigenvalue weighted by atomic mass is 9.65. The third-order valence-electron chi connectivity index (χ3n) is 12.8. The van der Waals surface area contributed by atoms with E-state index in [1.165, 1.54) is 0 Å². The van der Waals surface area contributed by atoms with Crippen molar-refractivity contribution >= 4 is 24.5 Å². The van der Waals surface area contributed by atoms with Crippen molar-refractivity contribution in [3.05, 3.63) is 106 Å². The molecule has 1 aliphatic carbocycles. The molecule has 4 aliphatic heterocycles. The van der Waals surface area contributed by atoms with E-state index in [1.54, 1.807) is 21.1 Å². The number of ketones is 1. The molecule has 6 atom stereocenters. The van der Waals surface area contributed by atoms with Gasteiger partial charge in [0, 0.05) is 42.3 Å². The first kappa shape index (κ1) is 38.4. The molecule has 4 heterocycles. The number of aryl methyl sites for hydroxylation is 1. The lowest BCUT2D eigenvalue weighted by molar-refractivity contribution is -0.150. The lowest BCUT2D eigenvalue weighted by Crippen LogP contribution is -2.75. The molecular weight excluding hydrogens is 727 g/mol. The van der Waals surface area contributed by atoms with E-state index in [0.29, 0.717) is 40.6 Å². The number of benzene rings is 3. The van der Waals surface area contributed by atoms with Crippen molar-refractivity contribution in [2.75, 3.05) is 41.5 Å². The third kappa shape index (κ3) is 5.50. The Labute approximate surface area is 330 Å². The van der Waals surface area contributed by atoms with Crippen molar-refractivity contribution < 1.29 is 38.0 Å². The van der Waals surface area contributed by atoms with Crippen molar-refractivity contribution in [1.82, 2.24) is 9.80 Å². The van der Waals surface area contributed by atoms with Crippen LogP contribution >= 0.6 is 0 Å². The molecule has 3 aromatic carbocycles. The van der Waals surface area contributed by atoms with Crippen LogP contribution in [0.25, 0.3) is 0 Å². The van der Waals surface area contributed by atoms with Crippen LogP contribution in [-0.4, -0.2) is 100 Å². The Balaban J connectivity index is 1.36. The summed E-state index contributed by atoms with van der Waals surface area (Å²) < 4.78 is 37.5. The summed E-state index contributed by atoms with van der Waals surface area (Å²) in [5, 5.41) is 26.2. The summed E-state index contributed by atoms with van der Waals surface area (Å²) in [5.74, 6) is 1.43. The first-order valence-electron chi connectivity index (χ1n) is 19.3. The molecule has 0 saturated carbocycles. The highest BCUT2D eigenvalue weighted by Crippen LogP contribution is 2.57. The van der Waals surface area contributed by atoms with Crippen LogP contribution in [0.5, 0.6) is 11.5 Å². The van der Waals surface area contributed by atoms with Crippen LogP contribution in [0.3, 0.4) is 0 Å². The van der Waals surface area contributed by atoms with Gasteiger partial charge in [-0.25, -0.2) is 0 Å². The second-order valence-corrected chi connectivity index (χ2v) is 20.9.